The highest BCUT2D eigenvalue weighted by Gasteiger charge is 2.21. The molecule has 21 heavy (non-hydrogen) atoms. The molecular weight excluding hydrogens is 290 g/mol. The normalized spacial score (nSPS) is 11.0. The summed E-state index contributed by atoms with van der Waals surface area (Å²) in [6.45, 7) is 2.04. The molecule has 0 saturated heterocycles. The number of hydrogen-bond acceptors (Lipinski definition) is 5. The Kier molecular flexibility index (Phi) is 3.36. The third kappa shape index (κ3) is 2.26. The lowest BCUT2D eigenvalue weighted by atomic mass is 10.1. The Hall–Kier alpha value is -2.38. The second-order valence-electron chi connectivity index (χ2n) is 4.60. The molecule has 7 heteroatoms. The summed E-state index contributed by atoms with van der Waals surface area (Å²) in [4.78, 5) is 23.8. The number of fused-ring (bicyclic) bond motifs is 1. The molecule has 0 fully saturated rings. The van der Waals surface area contributed by atoms with E-state index in [-0.39, 0.29) is 11.4 Å². The Bertz CT molecular complexity index is 875. The quantitative estimate of drug-likeness (QED) is 0.437. The second-order valence-corrected chi connectivity index (χ2v) is 5.42. The minimum absolute atomic E-state index is 0.0907. The molecule has 3 rings (SSSR count). The van der Waals surface area contributed by atoms with Crippen molar-refractivity contribution < 1.29 is 9.21 Å². The van der Waals surface area contributed by atoms with Crippen molar-refractivity contribution >= 4 is 28.2 Å². The number of aromatic nitrogens is 1. The first kappa shape index (κ1) is 13.6. The fourth-order valence-electron chi connectivity index (χ4n) is 2.27. The van der Waals surface area contributed by atoms with Gasteiger partial charge in [0.15, 0.2) is 0 Å². The molecule has 108 valence electrons. The maximum Gasteiger partial charge on any atom is 0.307 e. The third-order valence-electron chi connectivity index (χ3n) is 3.30. The number of carbonyl (C=O) groups is 1. The van der Waals surface area contributed by atoms with E-state index in [0.29, 0.717) is 22.3 Å². The molecule has 0 aliphatic carbocycles. The van der Waals surface area contributed by atoms with Crippen LogP contribution in [-0.4, -0.2) is 10.5 Å². The fourth-order valence-corrected chi connectivity index (χ4v) is 3.00. The summed E-state index contributed by atoms with van der Waals surface area (Å²) in [7, 11) is 0. The Balaban J connectivity index is 2.18. The first-order valence-electron chi connectivity index (χ1n) is 6.28. The number of para-hydroxylation sites is 1. The van der Waals surface area contributed by atoms with E-state index >= 15 is 0 Å². The highest BCUT2D eigenvalue weighted by atomic mass is 32.1. The number of hydrazine groups is 1. The Morgan fingerprint density at radius 3 is 2.86 bits per heavy atom. The first-order chi connectivity index (χ1) is 10.1. The molecule has 0 saturated carbocycles. The van der Waals surface area contributed by atoms with Gasteiger partial charge in [0, 0.05) is 16.5 Å². The number of thiazole rings is 1. The summed E-state index contributed by atoms with van der Waals surface area (Å²) in [6, 6.07) is 7.20. The number of rotatable bonds is 3. The van der Waals surface area contributed by atoms with Gasteiger partial charge in [-0.2, -0.15) is 0 Å². The molecule has 6 nitrogen and oxygen atoms in total. The molecule has 0 spiro atoms. The van der Waals surface area contributed by atoms with Gasteiger partial charge in [-0.15, -0.1) is 0 Å². The van der Waals surface area contributed by atoms with Crippen LogP contribution in [0.5, 0.6) is 0 Å². The lowest BCUT2D eigenvalue weighted by Crippen LogP contribution is -2.31. The van der Waals surface area contributed by atoms with Gasteiger partial charge in [0.1, 0.15) is 11.3 Å². The number of nitrogens with two attached hydrogens (primary N) is 1. The molecule has 0 bridgehead atoms. The van der Waals surface area contributed by atoms with Gasteiger partial charge in [-0.3, -0.25) is 19.6 Å². The van der Waals surface area contributed by atoms with Crippen LogP contribution < -0.4 is 16.1 Å². The van der Waals surface area contributed by atoms with E-state index in [0.717, 1.165) is 17.0 Å². The van der Waals surface area contributed by atoms with Crippen LogP contribution in [0, 0.1) is 6.92 Å². The Labute approximate surface area is 123 Å². The summed E-state index contributed by atoms with van der Waals surface area (Å²) in [5, 5.41) is 2.45. The molecule has 3 N–H and O–H groups in total. The van der Waals surface area contributed by atoms with Crippen LogP contribution in [-0.2, 0) is 6.54 Å². The van der Waals surface area contributed by atoms with Gasteiger partial charge in [0.05, 0.1) is 12.1 Å². The van der Waals surface area contributed by atoms with Crippen molar-refractivity contribution in [2.45, 2.75) is 13.5 Å². The van der Waals surface area contributed by atoms with Crippen LogP contribution in [0.25, 0.3) is 11.0 Å². The summed E-state index contributed by atoms with van der Waals surface area (Å²) >= 11 is 1.12. The van der Waals surface area contributed by atoms with Crippen LogP contribution in [0.1, 0.15) is 21.8 Å². The summed E-state index contributed by atoms with van der Waals surface area (Å²) in [6.07, 6.45) is 0. The molecule has 1 amide bonds. The van der Waals surface area contributed by atoms with Gasteiger partial charge in [-0.1, -0.05) is 29.5 Å². The molecule has 0 unspecified atom stereocenters. The van der Waals surface area contributed by atoms with Crippen molar-refractivity contribution in [1.29, 1.82) is 0 Å². The zero-order valence-electron chi connectivity index (χ0n) is 11.3. The maximum atomic E-state index is 12.0. The van der Waals surface area contributed by atoms with E-state index in [1.54, 1.807) is 22.1 Å². The average molecular weight is 303 g/mol. The van der Waals surface area contributed by atoms with Crippen LogP contribution in [0.4, 0.5) is 0 Å². The van der Waals surface area contributed by atoms with Gasteiger partial charge in [-0.25, -0.2) is 5.84 Å². The summed E-state index contributed by atoms with van der Waals surface area (Å²) in [5.74, 6) is 5.23. The van der Waals surface area contributed by atoms with Crippen molar-refractivity contribution in [2.75, 3.05) is 0 Å². The van der Waals surface area contributed by atoms with Gasteiger partial charge in [-0.05, 0) is 13.0 Å². The van der Waals surface area contributed by atoms with Gasteiger partial charge in [0.2, 0.25) is 0 Å². The van der Waals surface area contributed by atoms with Crippen molar-refractivity contribution in [3.8, 4) is 0 Å². The van der Waals surface area contributed by atoms with E-state index in [1.807, 2.05) is 19.1 Å². The molecule has 0 aliphatic heterocycles. The van der Waals surface area contributed by atoms with E-state index in [9.17, 15) is 9.59 Å². The number of carbonyl (C=O) groups excluding carboxylic acids is 1. The highest BCUT2D eigenvalue weighted by molar-refractivity contribution is 7.07. The number of amides is 1. The molecule has 0 atom stereocenters. The standard InChI is InChI=1S/C14H13N3O3S/c1-8-7-21-14(19)17(8)6-11-12(13(18)16-15)9-4-2-3-5-10(9)20-11/h2-5,7H,6,15H2,1H3,(H,16,18). The molecule has 1 aromatic carbocycles. The van der Waals surface area contributed by atoms with Crippen LogP contribution in [0.3, 0.4) is 0 Å². The SMILES string of the molecule is Cc1csc(=O)n1Cc1oc2ccccc2c1C(=O)NN. The number of benzene rings is 1. The summed E-state index contributed by atoms with van der Waals surface area (Å²) in [5.41, 5.74) is 3.90. The van der Waals surface area contributed by atoms with Crippen LogP contribution in [0.15, 0.2) is 38.9 Å². The van der Waals surface area contributed by atoms with E-state index < -0.39 is 5.91 Å². The Morgan fingerprint density at radius 1 is 1.43 bits per heavy atom. The molecule has 2 aromatic heterocycles. The molecule has 3 aromatic rings. The van der Waals surface area contributed by atoms with E-state index in [1.165, 1.54) is 0 Å². The third-order valence-corrected chi connectivity index (χ3v) is 4.19. The van der Waals surface area contributed by atoms with Gasteiger partial charge >= 0.3 is 4.87 Å². The topological polar surface area (TPSA) is 90.3 Å². The fraction of sp³-hybridized carbons (Fsp3) is 0.143. The van der Waals surface area contributed by atoms with Crippen molar-refractivity contribution in [1.82, 2.24) is 9.99 Å². The second kappa shape index (κ2) is 5.19. The number of aryl methyl sites for hydroxylation is 1. The van der Waals surface area contributed by atoms with Crippen LogP contribution >= 0.6 is 11.3 Å². The largest absolute Gasteiger partial charge is 0.458 e. The minimum atomic E-state index is -0.434. The van der Waals surface area contributed by atoms with Crippen molar-refractivity contribution in [3.05, 3.63) is 56.3 Å². The number of nitrogen functional groups attached to an aromatic ring is 1. The predicted octanol–water partition coefficient (Wildman–Crippen LogP) is 1.62. The van der Waals surface area contributed by atoms with E-state index in [2.05, 4.69) is 5.43 Å². The molecular formula is C14H13N3O3S. The van der Waals surface area contributed by atoms with E-state index in [4.69, 9.17) is 10.3 Å². The predicted molar refractivity (Wildman–Crippen MR) is 80.3 cm³/mol. The Morgan fingerprint density at radius 2 is 2.19 bits per heavy atom. The molecule has 2 heterocycles. The maximum absolute atomic E-state index is 12.0. The first-order valence-corrected chi connectivity index (χ1v) is 7.16. The zero-order valence-corrected chi connectivity index (χ0v) is 12.1. The number of nitrogens with zero attached hydrogens (tertiary/aromatic N) is 1. The van der Waals surface area contributed by atoms with Gasteiger partial charge in [0.25, 0.3) is 5.91 Å². The van der Waals surface area contributed by atoms with Crippen molar-refractivity contribution in [3.63, 3.8) is 0 Å². The smallest absolute Gasteiger partial charge is 0.307 e. The summed E-state index contributed by atoms with van der Waals surface area (Å²) < 4.78 is 7.30. The lowest BCUT2D eigenvalue weighted by molar-refractivity contribution is 0.0953. The highest BCUT2D eigenvalue weighted by Crippen LogP contribution is 2.26. The molecule has 0 aliphatic rings. The monoisotopic (exact) mass is 303 g/mol. The molecule has 0 radical (unpaired) electrons. The lowest BCUT2D eigenvalue weighted by Gasteiger charge is -2.04. The van der Waals surface area contributed by atoms with Gasteiger partial charge < -0.3 is 4.42 Å². The number of nitrogens with one attached hydrogen (secondary N) is 1. The zero-order chi connectivity index (χ0) is 15.0. The number of hydrogen-bond donors (Lipinski definition) is 2. The van der Waals surface area contributed by atoms with Crippen LogP contribution in [0.2, 0.25) is 0 Å². The number of furan rings is 1. The van der Waals surface area contributed by atoms with Crippen molar-refractivity contribution in [2.24, 2.45) is 5.84 Å². The average Bonchev–Trinajstić information content (AvgIpc) is 3.01. The minimum Gasteiger partial charge on any atom is -0.458 e.